The van der Waals surface area contributed by atoms with E-state index in [2.05, 4.69) is 10.6 Å². The zero-order valence-electron chi connectivity index (χ0n) is 48.5. The van der Waals surface area contributed by atoms with Gasteiger partial charge in [-0.1, -0.05) is 102 Å². The lowest BCUT2D eigenvalue weighted by Gasteiger charge is -2.41. The van der Waals surface area contributed by atoms with Crippen LogP contribution in [0.5, 0.6) is 0 Å². The van der Waals surface area contributed by atoms with Gasteiger partial charge in [0, 0.05) is 47.6 Å². The van der Waals surface area contributed by atoms with E-state index < -0.39 is 114 Å². The maximum atomic E-state index is 14.9. The van der Waals surface area contributed by atoms with Crippen LogP contribution in [0.3, 0.4) is 0 Å². The van der Waals surface area contributed by atoms with Crippen molar-refractivity contribution >= 4 is 53.1 Å². The number of hydrogen-bond acceptors (Lipinski definition) is 12. The molecule has 0 spiro atoms. The SMILES string of the molecule is C/C=C/C[C@@H](C)[C@@H](O)[C@@H](C(=O)N[C@@H](CC)C(=O)OC)N(C)C(=O)[C@H](C(C)C)N(C)C(=O)[C@H](CC(C)C)N(C)C(=O)[C@H](CC(C)C)N(C)C(=O)[C@@H](C)NC(=O)[C@H](C)CC(=O)[C@@H](CC(C)C)N(C)C(=O)[C@@H](N)C(C)C. The zero-order chi connectivity index (χ0) is 57.1. The Bertz CT molecular complexity index is 1870. The minimum absolute atomic E-state index is 0.0588. The number of nitrogens with one attached hydrogen (secondary N) is 2. The summed E-state index contributed by atoms with van der Waals surface area (Å²) in [5.41, 5.74) is 6.15. The van der Waals surface area contributed by atoms with Crippen LogP contribution in [0, 0.1) is 41.4 Å². The van der Waals surface area contributed by atoms with Crippen molar-refractivity contribution < 1.29 is 53.0 Å². The number of nitrogens with two attached hydrogens (primary N) is 1. The van der Waals surface area contributed by atoms with Crippen molar-refractivity contribution in [2.75, 3.05) is 42.3 Å². The van der Waals surface area contributed by atoms with Gasteiger partial charge in [0.2, 0.25) is 41.4 Å². The van der Waals surface area contributed by atoms with E-state index in [0.29, 0.717) is 12.8 Å². The molecule has 0 radical (unpaired) electrons. The standard InChI is InChI=1S/C54H98N8O11/c1-22-24-25-35(13)46(64)45(48(66)57-38(23-2)54(72)73-21)62(20)53(71)44(34(11)12)61(19)51(69)41(28-32(7)8)60(18)50(68)40(27-31(5)6)59(17)49(67)37(15)56-47(65)36(14)29-42(63)39(26-30(3)4)58(16)52(70)43(55)33(9)10/h22,24,30-41,43-46,64H,23,25-29,55H2,1-21H3,(H,56,65)(H,57,66)/b24-22+/t35-,36-,37-,38+,39-,40+,41+,43+,44+,45+,46-/m1/s1. The third-order valence-corrected chi connectivity index (χ3v) is 13.7. The van der Waals surface area contributed by atoms with Crippen LogP contribution < -0.4 is 16.4 Å². The molecule has 0 saturated carbocycles. The molecule has 0 aliphatic heterocycles. The summed E-state index contributed by atoms with van der Waals surface area (Å²) in [6.45, 7) is 26.8. The largest absolute Gasteiger partial charge is 0.467 e. The Morgan fingerprint density at radius 2 is 1.01 bits per heavy atom. The number of allylic oxidation sites excluding steroid dienone is 2. The molecule has 0 aliphatic rings. The number of carbonyl (C=O) groups is 9. The molecule has 0 aromatic heterocycles. The van der Waals surface area contributed by atoms with Gasteiger partial charge in [0.1, 0.15) is 36.3 Å². The number of carbonyl (C=O) groups excluding carboxylic acids is 9. The maximum Gasteiger partial charge on any atom is 0.328 e. The second-order valence-corrected chi connectivity index (χ2v) is 22.2. The van der Waals surface area contributed by atoms with Crippen LogP contribution >= 0.6 is 0 Å². The third kappa shape index (κ3) is 20.0. The van der Waals surface area contributed by atoms with E-state index >= 15 is 0 Å². The first-order valence-corrected chi connectivity index (χ1v) is 26.3. The van der Waals surface area contributed by atoms with Gasteiger partial charge in [-0.05, 0) is 81.5 Å². The second kappa shape index (κ2) is 31.7. The van der Waals surface area contributed by atoms with Crippen molar-refractivity contribution in [1.29, 1.82) is 0 Å². The van der Waals surface area contributed by atoms with E-state index in [-0.39, 0.29) is 61.0 Å². The van der Waals surface area contributed by atoms with Crippen LogP contribution in [0.25, 0.3) is 0 Å². The molecule has 0 bridgehead atoms. The first-order valence-electron chi connectivity index (χ1n) is 26.3. The molecular formula is C54H98N8O11. The third-order valence-electron chi connectivity index (χ3n) is 13.7. The van der Waals surface area contributed by atoms with Crippen molar-refractivity contribution in [2.45, 2.75) is 197 Å². The molecule has 0 saturated heterocycles. The highest BCUT2D eigenvalue weighted by Crippen LogP contribution is 2.25. The first-order chi connectivity index (χ1) is 33.7. The number of hydrogen-bond donors (Lipinski definition) is 4. The van der Waals surface area contributed by atoms with Crippen LogP contribution in [0.4, 0.5) is 0 Å². The molecule has 11 atom stereocenters. The molecule has 7 amide bonds. The van der Waals surface area contributed by atoms with Gasteiger partial charge in [-0.25, -0.2) is 4.79 Å². The summed E-state index contributed by atoms with van der Waals surface area (Å²) < 4.78 is 4.87. The van der Waals surface area contributed by atoms with Crippen molar-refractivity contribution in [3.8, 4) is 0 Å². The fourth-order valence-electron chi connectivity index (χ4n) is 8.87. The lowest BCUT2D eigenvalue weighted by Crippen LogP contribution is -2.63. The average Bonchev–Trinajstić information content (AvgIpc) is 3.32. The van der Waals surface area contributed by atoms with E-state index in [4.69, 9.17) is 10.5 Å². The molecule has 0 aromatic rings. The van der Waals surface area contributed by atoms with Crippen molar-refractivity contribution in [2.24, 2.45) is 47.2 Å². The molecule has 0 aliphatic carbocycles. The van der Waals surface area contributed by atoms with Gasteiger partial charge in [0.15, 0.2) is 5.78 Å². The van der Waals surface area contributed by atoms with Gasteiger partial charge >= 0.3 is 5.97 Å². The average molecular weight is 1040 g/mol. The number of ketones is 1. The number of nitrogens with zero attached hydrogens (tertiary/aromatic N) is 5. The predicted molar refractivity (Wildman–Crippen MR) is 284 cm³/mol. The Labute approximate surface area is 438 Å². The number of Topliss-reactive ketones (excluding diaryl/α,β-unsaturated/α-hetero) is 1. The van der Waals surface area contributed by atoms with Crippen LogP contribution in [-0.2, 0) is 47.9 Å². The minimum Gasteiger partial charge on any atom is -0.467 e. The highest BCUT2D eigenvalue weighted by molar-refractivity contribution is 5.98. The van der Waals surface area contributed by atoms with E-state index in [1.807, 2.05) is 68.4 Å². The smallest absolute Gasteiger partial charge is 0.328 e. The topological polar surface area (TPSA) is 249 Å². The number of esters is 1. The Hall–Kier alpha value is -4.91. The van der Waals surface area contributed by atoms with Gasteiger partial charge in [0.25, 0.3) is 0 Å². The van der Waals surface area contributed by atoms with Gasteiger partial charge in [-0.15, -0.1) is 0 Å². The Kier molecular flexibility index (Phi) is 29.6. The normalized spacial score (nSPS) is 16.4. The van der Waals surface area contributed by atoms with Crippen LogP contribution in [0.1, 0.15) is 142 Å². The van der Waals surface area contributed by atoms with Gasteiger partial charge < -0.3 is 50.7 Å². The minimum atomic E-state index is -1.48. The summed E-state index contributed by atoms with van der Waals surface area (Å²) in [6.07, 6.45) is 3.36. The van der Waals surface area contributed by atoms with Gasteiger partial charge in [-0.3, -0.25) is 38.4 Å². The fraction of sp³-hybridized carbons (Fsp3) is 0.796. The molecule has 0 rings (SSSR count). The quantitative estimate of drug-likeness (QED) is 0.0568. The summed E-state index contributed by atoms with van der Waals surface area (Å²) in [5, 5.41) is 17.0. The lowest BCUT2D eigenvalue weighted by molar-refractivity contribution is -0.157. The number of aliphatic hydroxyl groups excluding tert-OH is 1. The number of methoxy groups -OCH3 is 1. The number of ether oxygens (including phenoxy) is 1. The molecule has 420 valence electrons. The van der Waals surface area contributed by atoms with E-state index in [1.54, 1.807) is 47.7 Å². The van der Waals surface area contributed by atoms with E-state index in [9.17, 15) is 48.3 Å². The molecule has 19 heteroatoms. The number of rotatable bonds is 31. The van der Waals surface area contributed by atoms with E-state index in [0.717, 1.165) is 4.90 Å². The van der Waals surface area contributed by atoms with E-state index in [1.165, 1.54) is 61.8 Å². The summed E-state index contributed by atoms with van der Waals surface area (Å²) in [7, 11) is 8.52. The summed E-state index contributed by atoms with van der Waals surface area (Å²) in [4.78, 5) is 132. The van der Waals surface area contributed by atoms with Crippen LogP contribution in [0.15, 0.2) is 12.2 Å². The first kappa shape index (κ1) is 68.1. The molecule has 0 aromatic carbocycles. The number of likely N-dealkylation sites (N-methyl/N-ethyl adjacent to an activating group) is 5. The monoisotopic (exact) mass is 1030 g/mol. The van der Waals surface area contributed by atoms with Crippen molar-refractivity contribution in [3.05, 3.63) is 12.2 Å². The zero-order valence-corrected chi connectivity index (χ0v) is 48.5. The predicted octanol–water partition coefficient (Wildman–Crippen LogP) is 4.03. The molecule has 73 heavy (non-hydrogen) atoms. The molecule has 5 N–H and O–H groups in total. The maximum absolute atomic E-state index is 14.9. The molecule has 0 heterocycles. The fourth-order valence-corrected chi connectivity index (χ4v) is 8.87. The lowest BCUT2D eigenvalue weighted by atomic mass is 9.91. The number of aliphatic hydroxyl groups is 1. The molecule has 0 unspecified atom stereocenters. The van der Waals surface area contributed by atoms with Crippen molar-refractivity contribution in [1.82, 2.24) is 35.1 Å². The summed E-state index contributed by atoms with van der Waals surface area (Å²) in [5.74, 6) is -7.30. The second-order valence-electron chi connectivity index (χ2n) is 22.2. The molecule has 19 nitrogen and oxygen atoms in total. The molecule has 0 fully saturated rings. The molecular weight excluding hydrogens is 937 g/mol. The van der Waals surface area contributed by atoms with Crippen molar-refractivity contribution in [3.63, 3.8) is 0 Å². The van der Waals surface area contributed by atoms with Gasteiger partial charge in [-0.2, -0.15) is 0 Å². The Morgan fingerprint density at radius 1 is 0.575 bits per heavy atom. The van der Waals surface area contributed by atoms with Crippen LogP contribution in [0.2, 0.25) is 0 Å². The highest BCUT2D eigenvalue weighted by atomic mass is 16.5. The summed E-state index contributed by atoms with van der Waals surface area (Å²) in [6, 6.07) is -8.63. The van der Waals surface area contributed by atoms with Gasteiger partial charge in [0.05, 0.1) is 25.3 Å². The number of amides is 7. The highest BCUT2D eigenvalue weighted by Gasteiger charge is 2.45. The Balaban J connectivity index is 6.86. The Morgan fingerprint density at radius 3 is 1.44 bits per heavy atom. The summed E-state index contributed by atoms with van der Waals surface area (Å²) >= 11 is 0. The van der Waals surface area contributed by atoms with Crippen LogP contribution in [-0.4, -0.2) is 179 Å².